The van der Waals surface area contributed by atoms with Crippen LogP contribution in [0.25, 0.3) is 0 Å². The van der Waals surface area contributed by atoms with E-state index in [0.29, 0.717) is 5.92 Å². The van der Waals surface area contributed by atoms with Gasteiger partial charge in [-0.2, -0.15) is 13.2 Å². The zero-order chi connectivity index (χ0) is 27.0. The molecule has 7 heteroatoms. The predicted molar refractivity (Wildman–Crippen MR) is 147 cm³/mol. The van der Waals surface area contributed by atoms with Crippen molar-refractivity contribution in [2.24, 2.45) is 0 Å². The minimum Gasteiger partial charge on any atom is -0.369 e. The van der Waals surface area contributed by atoms with Crippen LogP contribution in [-0.2, 0) is 0 Å². The molecule has 0 bridgehead atoms. The summed E-state index contributed by atoms with van der Waals surface area (Å²) in [6.07, 6.45) is -2.14. The molecule has 3 aromatic carbocycles. The molecule has 1 heterocycles. The van der Waals surface area contributed by atoms with Crippen LogP contribution in [-0.4, -0.2) is 67.7 Å². The highest BCUT2D eigenvalue weighted by Gasteiger charge is 2.33. The predicted octanol–water partition coefficient (Wildman–Crippen LogP) is 6.22. The Bertz CT molecular complexity index is 1140. The molecule has 38 heavy (non-hydrogen) atoms. The Labute approximate surface area is 223 Å². The first kappa shape index (κ1) is 27.5. The first-order valence-corrected chi connectivity index (χ1v) is 13.0. The van der Waals surface area contributed by atoms with E-state index in [4.69, 9.17) is 0 Å². The smallest absolute Gasteiger partial charge is 0.369 e. The molecule has 0 radical (unpaired) electrons. The van der Waals surface area contributed by atoms with E-state index in [2.05, 4.69) is 64.9 Å². The highest BCUT2D eigenvalue weighted by Crippen LogP contribution is 2.29. The van der Waals surface area contributed by atoms with Gasteiger partial charge in [0.25, 0.3) is 5.91 Å². The molecule has 0 aliphatic carbocycles. The van der Waals surface area contributed by atoms with Crippen molar-refractivity contribution in [3.8, 4) is 0 Å². The Morgan fingerprint density at radius 1 is 0.895 bits per heavy atom. The fourth-order valence-electron chi connectivity index (χ4n) is 5.05. The zero-order valence-electron chi connectivity index (χ0n) is 21.5. The average molecular weight is 522 g/mol. The number of hydrogen-bond donors (Lipinski definition) is 0. The molecular formula is C31H34F3N3O. The summed E-state index contributed by atoms with van der Waals surface area (Å²) < 4.78 is 38.9. The van der Waals surface area contributed by atoms with Gasteiger partial charge in [-0.3, -0.25) is 9.69 Å². The second-order valence-electron chi connectivity index (χ2n) is 9.63. The van der Waals surface area contributed by atoms with Gasteiger partial charge in [0.05, 0.1) is 0 Å². The number of piperazine rings is 1. The van der Waals surface area contributed by atoms with E-state index in [1.54, 1.807) is 18.2 Å². The van der Waals surface area contributed by atoms with Gasteiger partial charge < -0.3 is 9.80 Å². The number of rotatable bonds is 10. The quantitative estimate of drug-likeness (QED) is 0.296. The summed E-state index contributed by atoms with van der Waals surface area (Å²) in [6, 6.07) is 28.1. The summed E-state index contributed by atoms with van der Waals surface area (Å²) in [4.78, 5) is 18.3. The Morgan fingerprint density at radius 2 is 1.50 bits per heavy atom. The van der Waals surface area contributed by atoms with Gasteiger partial charge in [-0.1, -0.05) is 72.8 Å². The molecule has 0 atom stereocenters. The number of amides is 1. The fourth-order valence-corrected chi connectivity index (χ4v) is 5.05. The van der Waals surface area contributed by atoms with E-state index in [9.17, 15) is 18.0 Å². The molecule has 3 aromatic rings. The number of carbonyl (C=O) groups excluding carboxylic acids is 1. The highest BCUT2D eigenvalue weighted by molar-refractivity contribution is 5.95. The van der Waals surface area contributed by atoms with Crippen LogP contribution < -0.4 is 4.90 Å². The molecule has 200 valence electrons. The van der Waals surface area contributed by atoms with Crippen molar-refractivity contribution in [1.29, 1.82) is 0 Å². The van der Waals surface area contributed by atoms with Gasteiger partial charge in [-0.15, -0.1) is 6.58 Å². The Hall–Kier alpha value is -3.58. The Kier molecular flexibility index (Phi) is 9.24. The molecule has 1 saturated heterocycles. The average Bonchev–Trinajstić information content (AvgIpc) is 2.93. The molecule has 4 rings (SSSR count). The third-order valence-electron chi connectivity index (χ3n) is 6.98. The summed E-state index contributed by atoms with van der Waals surface area (Å²) in [7, 11) is 0. The van der Waals surface area contributed by atoms with Gasteiger partial charge in [0.1, 0.15) is 6.54 Å². The van der Waals surface area contributed by atoms with Crippen molar-refractivity contribution in [2.45, 2.75) is 18.5 Å². The lowest BCUT2D eigenvalue weighted by Crippen LogP contribution is -2.47. The maximum Gasteiger partial charge on any atom is 0.406 e. The molecule has 4 nitrogen and oxygen atoms in total. The Balaban J connectivity index is 1.36. The van der Waals surface area contributed by atoms with Gasteiger partial charge in [0.2, 0.25) is 0 Å². The first-order valence-electron chi connectivity index (χ1n) is 13.0. The number of anilines is 1. The normalized spacial score (nSPS) is 14.5. The van der Waals surface area contributed by atoms with Crippen molar-refractivity contribution in [2.75, 3.05) is 50.7 Å². The summed E-state index contributed by atoms with van der Waals surface area (Å²) in [5.41, 5.74) is 3.74. The van der Waals surface area contributed by atoms with Gasteiger partial charge in [-0.05, 0) is 42.3 Å². The lowest BCUT2D eigenvalue weighted by atomic mass is 9.88. The summed E-state index contributed by atoms with van der Waals surface area (Å²) in [6.45, 7) is 6.34. The van der Waals surface area contributed by atoms with Crippen molar-refractivity contribution in [3.05, 3.63) is 114 Å². The lowest BCUT2D eigenvalue weighted by Gasteiger charge is -2.37. The molecule has 0 N–H and O–H groups in total. The van der Waals surface area contributed by atoms with Gasteiger partial charge >= 0.3 is 6.18 Å². The van der Waals surface area contributed by atoms with Crippen LogP contribution in [0.4, 0.5) is 18.9 Å². The number of benzene rings is 3. The number of hydrogen-bond acceptors (Lipinski definition) is 3. The third-order valence-corrected chi connectivity index (χ3v) is 6.98. The number of halogens is 3. The first-order chi connectivity index (χ1) is 18.3. The van der Waals surface area contributed by atoms with Crippen LogP contribution in [0.2, 0.25) is 0 Å². The van der Waals surface area contributed by atoms with Crippen LogP contribution in [0.1, 0.15) is 33.8 Å². The molecular weight excluding hydrogens is 487 g/mol. The zero-order valence-corrected chi connectivity index (χ0v) is 21.5. The fraction of sp³-hybridized carbons (Fsp3) is 0.323. The molecule has 1 aliphatic rings. The third kappa shape index (κ3) is 7.48. The minimum atomic E-state index is -4.47. The van der Waals surface area contributed by atoms with E-state index in [-0.39, 0.29) is 12.1 Å². The molecule has 0 saturated carbocycles. The van der Waals surface area contributed by atoms with E-state index in [1.807, 2.05) is 18.2 Å². The summed E-state index contributed by atoms with van der Waals surface area (Å²) in [5, 5.41) is 0. The van der Waals surface area contributed by atoms with E-state index in [0.717, 1.165) is 49.7 Å². The van der Waals surface area contributed by atoms with Crippen LogP contribution in [0, 0.1) is 0 Å². The van der Waals surface area contributed by atoms with Crippen LogP contribution >= 0.6 is 0 Å². The van der Waals surface area contributed by atoms with Gasteiger partial charge in [-0.25, -0.2) is 0 Å². The SMILES string of the molecule is C=CCN(CC(F)(F)F)C(=O)c1cccc(N2CCN(CCC(c3ccccc3)c3ccccc3)CC2)c1. The summed E-state index contributed by atoms with van der Waals surface area (Å²) >= 11 is 0. The number of nitrogens with zero attached hydrogens (tertiary/aromatic N) is 3. The van der Waals surface area contributed by atoms with Gasteiger partial charge in [0.15, 0.2) is 0 Å². The standard InChI is InChI=1S/C31H34F3N3O/c1-2-17-37(24-31(32,33)34)30(38)27-14-9-15-28(23-27)36-21-19-35(20-22-36)18-16-29(25-10-5-3-6-11-25)26-12-7-4-8-13-26/h2-15,23,29H,1,16-22,24H2. The summed E-state index contributed by atoms with van der Waals surface area (Å²) in [5.74, 6) is -0.316. The molecule has 1 fully saturated rings. The van der Waals surface area contributed by atoms with E-state index < -0.39 is 18.6 Å². The van der Waals surface area contributed by atoms with Crippen molar-refractivity contribution < 1.29 is 18.0 Å². The minimum absolute atomic E-state index is 0.159. The van der Waals surface area contributed by atoms with Gasteiger partial charge in [0, 0.05) is 49.9 Å². The van der Waals surface area contributed by atoms with Crippen molar-refractivity contribution in [3.63, 3.8) is 0 Å². The molecule has 0 aromatic heterocycles. The second kappa shape index (κ2) is 12.8. The maximum absolute atomic E-state index is 13.0. The van der Waals surface area contributed by atoms with Crippen molar-refractivity contribution in [1.82, 2.24) is 9.80 Å². The lowest BCUT2D eigenvalue weighted by molar-refractivity contribution is -0.139. The number of carbonyl (C=O) groups is 1. The molecule has 0 unspecified atom stereocenters. The molecule has 0 spiro atoms. The maximum atomic E-state index is 13.0. The van der Waals surface area contributed by atoms with Crippen LogP contribution in [0.3, 0.4) is 0 Å². The number of alkyl halides is 3. The topological polar surface area (TPSA) is 26.8 Å². The van der Waals surface area contributed by atoms with E-state index >= 15 is 0 Å². The molecule has 1 aliphatic heterocycles. The van der Waals surface area contributed by atoms with Crippen LogP contribution in [0.15, 0.2) is 97.6 Å². The van der Waals surface area contributed by atoms with Crippen molar-refractivity contribution >= 4 is 11.6 Å². The van der Waals surface area contributed by atoms with Crippen LogP contribution in [0.5, 0.6) is 0 Å². The second-order valence-corrected chi connectivity index (χ2v) is 9.63. The Morgan fingerprint density at radius 3 is 2.05 bits per heavy atom. The largest absolute Gasteiger partial charge is 0.406 e. The van der Waals surface area contributed by atoms with E-state index in [1.165, 1.54) is 17.2 Å². The monoisotopic (exact) mass is 521 g/mol. The highest BCUT2D eigenvalue weighted by atomic mass is 19.4. The molecule has 1 amide bonds.